The zero-order valence-corrected chi connectivity index (χ0v) is 8.76. The molecule has 1 rings (SSSR count). The maximum absolute atomic E-state index is 9.53. The van der Waals surface area contributed by atoms with Crippen molar-refractivity contribution < 1.29 is 5.11 Å². The molecular formula is C11H23NO. The summed E-state index contributed by atoms with van der Waals surface area (Å²) in [7, 11) is 0. The van der Waals surface area contributed by atoms with Crippen molar-refractivity contribution >= 4 is 0 Å². The highest BCUT2D eigenvalue weighted by molar-refractivity contribution is 4.82. The van der Waals surface area contributed by atoms with Gasteiger partial charge in [0.15, 0.2) is 0 Å². The van der Waals surface area contributed by atoms with E-state index in [1.807, 2.05) is 0 Å². The number of nitrogens with one attached hydrogen (secondary N) is 1. The summed E-state index contributed by atoms with van der Waals surface area (Å²) in [4.78, 5) is 0. The van der Waals surface area contributed by atoms with Crippen LogP contribution in [0.4, 0.5) is 0 Å². The van der Waals surface area contributed by atoms with Gasteiger partial charge in [0.1, 0.15) is 0 Å². The molecule has 1 aliphatic rings. The van der Waals surface area contributed by atoms with Gasteiger partial charge in [-0.05, 0) is 19.4 Å². The van der Waals surface area contributed by atoms with E-state index in [0.717, 1.165) is 19.4 Å². The molecule has 78 valence electrons. The molecule has 0 bridgehead atoms. The quantitative estimate of drug-likeness (QED) is 0.621. The van der Waals surface area contributed by atoms with Gasteiger partial charge >= 0.3 is 0 Å². The molecule has 2 atom stereocenters. The predicted molar refractivity (Wildman–Crippen MR) is 55.8 cm³/mol. The van der Waals surface area contributed by atoms with E-state index in [9.17, 15) is 5.11 Å². The van der Waals surface area contributed by atoms with Crippen molar-refractivity contribution in [3.05, 3.63) is 0 Å². The highest BCUT2D eigenvalue weighted by Gasteiger charge is 2.23. The van der Waals surface area contributed by atoms with E-state index in [4.69, 9.17) is 0 Å². The number of hydrogen-bond donors (Lipinski definition) is 2. The Labute approximate surface area is 81.7 Å². The van der Waals surface area contributed by atoms with Crippen LogP contribution in [-0.4, -0.2) is 23.8 Å². The molecule has 1 saturated heterocycles. The minimum Gasteiger partial charge on any atom is -0.391 e. The fraction of sp³-hybridized carbons (Fsp3) is 1.00. The topological polar surface area (TPSA) is 32.3 Å². The van der Waals surface area contributed by atoms with Crippen LogP contribution in [0.15, 0.2) is 0 Å². The minimum atomic E-state index is -0.0776. The lowest BCUT2D eigenvalue weighted by molar-refractivity contribution is 0.154. The van der Waals surface area contributed by atoms with Crippen LogP contribution >= 0.6 is 0 Å². The fourth-order valence-electron chi connectivity index (χ4n) is 2.02. The van der Waals surface area contributed by atoms with Gasteiger partial charge in [0.05, 0.1) is 6.10 Å². The zero-order chi connectivity index (χ0) is 9.52. The molecule has 1 unspecified atom stereocenters. The Balaban J connectivity index is 1.93. The average molecular weight is 185 g/mol. The molecular weight excluding hydrogens is 162 g/mol. The lowest BCUT2D eigenvalue weighted by Crippen LogP contribution is -2.29. The average Bonchev–Trinajstić information content (AvgIpc) is 2.52. The second-order valence-electron chi connectivity index (χ2n) is 4.12. The Morgan fingerprint density at radius 3 is 2.62 bits per heavy atom. The first-order valence-corrected chi connectivity index (χ1v) is 5.76. The summed E-state index contributed by atoms with van der Waals surface area (Å²) in [5.41, 5.74) is 0. The third-order valence-electron chi connectivity index (χ3n) is 2.93. The number of unbranched alkanes of at least 4 members (excludes halogenated alkanes) is 4. The number of hydrogen-bond acceptors (Lipinski definition) is 2. The second-order valence-corrected chi connectivity index (χ2v) is 4.12. The monoisotopic (exact) mass is 185 g/mol. The fourth-order valence-corrected chi connectivity index (χ4v) is 2.02. The van der Waals surface area contributed by atoms with Crippen LogP contribution in [-0.2, 0) is 0 Å². The van der Waals surface area contributed by atoms with Crippen LogP contribution in [0, 0.1) is 0 Å². The van der Waals surface area contributed by atoms with Crippen molar-refractivity contribution in [1.82, 2.24) is 5.32 Å². The van der Waals surface area contributed by atoms with E-state index >= 15 is 0 Å². The van der Waals surface area contributed by atoms with Crippen LogP contribution in [0.2, 0.25) is 0 Å². The SMILES string of the molecule is CCCCCCCC1NCC[C@@H]1O. The summed E-state index contributed by atoms with van der Waals surface area (Å²) in [6, 6.07) is 0.390. The van der Waals surface area contributed by atoms with Gasteiger partial charge in [-0.25, -0.2) is 0 Å². The van der Waals surface area contributed by atoms with Crippen molar-refractivity contribution in [2.75, 3.05) is 6.54 Å². The molecule has 0 aromatic heterocycles. The summed E-state index contributed by atoms with van der Waals surface area (Å²) < 4.78 is 0. The molecule has 0 radical (unpaired) electrons. The lowest BCUT2D eigenvalue weighted by Gasteiger charge is -2.13. The van der Waals surface area contributed by atoms with E-state index in [2.05, 4.69) is 12.2 Å². The standard InChI is InChI=1S/C11H23NO/c1-2-3-4-5-6-7-10-11(13)8-9-12-10/h10-13H,2-9H2,1H3/t10?,11-/m0/s1. The zero-order valence-electron chi connectivity index (χ0n) is 8.76. The highest BCUT2D eigenvalue weighted by atomic mass is 16.3. The first-order valence-electron chi connectivity index (χ1n) is 5.76. The van der Waals surface area contributed by atoms with Crippen LogP contribution < -0.4 is 5.32 Å². The van der Waals surface area contributed by atoms with Gasteiger partial charge < -0.3 is 10.4 Å². The molecule has 0 spiro atoms. The van der Waals surface area contributed by atoms with Crippen molar-refractivity contribution in [3.8, 4) is 0 Å². The molecule has 1 fully saturated rings. The molecule has 2 heteroatoms. The van der Waals surface area contributed by atoms with Gasteiger partial charge in [-0.15, -0.1) is 0 Å². The van der Waals surface area contributed by atoms with Crippen molar-refractivity contribution in [3.63, 3.8) is 0 Å². The summed E-state index contributed by atoms with van der Waals surface area (Å²) >= 11 is 0. The van der Waals surface area contributed by atoms with E-state index < -0.39 is 0 Å². The molecule has 2 nitrogen and oxygen atoms in total. The molecule has 0 amide bonds. The van der Waals surface area contributed by atoms with Gasteiger partial charge in [-0.3, -0.25) is 0 Å². The molecule has 0 aromatic rings. The second kappa shape index (κ2) is 6.39. The van der Waals surface area contributed by atoms with Crippen molar-refractivity contribution in [2.24, 2.45) is 0 Å². The van der Waals surface area contributed by atoms with E-state index in [0.29, 0.717) is 6.04 Å². The van der Waals surface area contributed by atoms with Crippen molar-refractivity contribution in [2.45, 2.75) is 64.0 Å². The van der Waals surface area contributed by atoms with Gasteiger partial charge in [0.2, 0.25) is 0 Å². The molecule has 2 N–H and O–H groups in total. The molecule has 1 heterocycles. The molecule has 0 aromatic carbocycles. The van der Waals surface area contributed by atoms with Crippen LogP contribution in [0.25, 0.3) is 0 Å². The van der Waals surface area contributed by atoms with Gasteiger partial charge in [-0.2, -0.15) is 0 Å². The number of aliphatic hydroxyl groups is 1. The van der Waals surface area contributed by atoms with Crippen LogP contribution in [0.5, 0.6) is 0 Å². The Morgan fingerprint density at radius 2 is 2.00 bits per heavy atom. The molecule has 0 saturated carbocycles. The van der Waals surface area contributed by atoms with E-state index in [1.165, 1.54) is 32.1 Å². The van der Waals surface area contributed by atoms with Crippen molar-refractivity contribution in [1.29, 1.82) is 0 Å². The summed E-state index contributed by atoms with van der Waals surface area (Å²) in [5.74, 6) is 0. The number of rotatable bonds is 6. The minimum absolute atomic E-state index is 0.0776. The Hall–Kier alpha value is -0.0800. The van der Waals surface area contributed by atoms with Gasteiger partial charge in [0.25, 0.3) is 0 Å². The maximum atomic E-state index is 9.53. The summed E-state index contributed by atoms with van der Waals surface area (Å²) in [5, 5.41) is 12.9. The third-order valence-corrected chi connectivity index (χ3v) is 2.93. The number of aliphatic hydroxyl groups excluding tert-OH is 1. The van der Waals surface area contributed by atoms with E-state index in [-0.39, 0.29) is 6.10 Å². The largest absolute Gasteiger partial charge is 0.391 e. The Bertz CT molecular complexity index is 127. The maximum Gasteiger partial charge on any atom is 0.0705 e. The summed E-state index contributed by atoms with van der Waals surface area (Å²) in [6.45, 7) is 3.24. The normalized spacial score (nSPS) is 28.2. The molecule has 1 aliphatic heterocycles. The molecule has 0 aliphatic carbocycles. The van der Waals surface area contributed by atoms with Gasteiger partial charge in [-0.1, -0.05) is 39.0 Å². The summed E-state index contributed by atoms with van der Waals surface area (Å²) in [6.07, 6.45) is 8.66. The third kappa shape index (κ3) is 4.10. The molecule has 13 heavy (non-hydrogen) atoms. The predicted octanol–water partition coefficient (Wildman–Crippen LogP) is 2.07. The first kappa shape index (κ1) is 11.0. The van der Waals surface area contributed by atoms with Crippen LogP contribution in [0.1, 0.15) is 51.9 Å². The van der Waals surface area contributed by atoms with Gasteiger partial charge in [0, 0.05) is 6.04 Å². The smallest absolute Gasteiger partial charge is 0.0705 e. The van der Waals surface area contributed by atoms with E-state index in [1.54, 1.807) is 0 Å². The first-order chi connectivity index (χ1) is 6.34. The Kier molecular flexibility index (Phi) is 5.40. The van der Waals surface area contributed by atoms with Crippen LogP contribution in [0.3, 0.4) is 0 Å². The lowest BCUT2D eigenvalue weighted by atomic mass is 10.0. The Morgan fingerprint density at radius 1 is 1.23 bits per heavy atom. The highest BCUT2D eigenvalue weighted by Crippen LogP contribution is 2.14.